The van der Waals surface area contributed by atoms with E-state index in [9.17, 15) is 9.59 Å². The summed E-state index contributed by atoms with van der Waals surface area (Å²) in [4.78, 5) is 39.2. The molecule has 1 atom stereocenters. The first-order valence-corrected chi connectivity index (χ1v) is 11.7. The maximum atomic E-state index is 13.2. The Kier molecular flexibility index (Phi) is 6.39. The van der Waals surface area contributed by atoms with Crippen LogP contribution in [0.2, 0.25) is 0 Å². The minimum atomic E-state index is -0.889. The van der Waals surface area contributed by atoms with E-state index in [4.69, 9.17) is 4.74 Å². The molecule has 0 bridgehead atoms. The predicted octanol–water partition coefficient (Wildman–Crippen LogP) is 4.19. The Balaban J connectivity index is 1.30. The summed E-state index contributed by atoms with van der Waals surface area (Å²) in [6, 6.07) is 23.0. The number of carbonyl (C=O) groups is 2. The molecule has 0 N–H and O–H groups in total. The number of hydrogen-bond acceptors (Lipinski definition) is 6. The van der Waals surface area contributed by atoms with Gasteiger partial charge in [0.15, 0.2) is 6.10 Å². The van der Waals surface area contributed by atoms with Gasteiger partial charge >= 0.3 is 5.97 Å². The molecule has 2 aromatic carbocycles. The van der Waals surface area contributed by atoms with Gasteiger partial charge < -0.3 is 14.5 Å². The van der Waals surface area contributed by atoms with Crippen molar-refractivity contribution in [1.82, 2.24) is 14.9 Å². The molecule has 176 valence electrons. The van der Waals surface area contributed by atoms with Gasteiger partial charge in [-0.05, 0) is 43.3 Å². The lowest BCUT2D eigenvalue weighted by atomic mass is 10.0. The van der Waals surface area contributed by atoms with Crippen LogP contribution in [0.15, 0.2) is 85.2 Å². The lowest BCUT2D eigenvalue weighted by molar-refractivity contribution is -0.140. The minimum absolute atomic E-state index is 0.183. The van der Waals surface area contributed by atoms with E-state index in [0.717, 1.165) is 24.3 Å². The molecule has 4 aromatic rings. The van der Waals surface area contributed by atoms with Crippen LogP contribution in [0.5, 0.6) is 0 Å². The number of fused-ring (bicyclic) bond motifs is 1. The molecule has 1 aliphatic heterocycles. The Morgan fingerprint density at radius 2 is 1.66 bits per heavy atom. The first-order chi connectivity index (χ1) is 17.1. The third kappa shape index (κ3) is 4.84. The second kappa shape index (κ2) is 9.93. The Morgan fingerprint density at radius 1 is 0.914 bits per heavy atom. The Labute approximate surface area is 204 Å². The van der Waals surface area contributed by atoms with Crippen molar-refractivity contribution in [3.63, 3.8) is 0 Å². The number of ether oxygens (including phenoxy) is 1. The normalized spacial score (nSPS) is 14.5. The second-order valence-corrected chi connectivity index (χ2v) is 8.51. The zero-order valence-electron chi connectivity index (χ0n) is 19.5. The van der Waals surface area contributed by atoms with Crippen LogP contribution in [-0.4, -0.2) is 59.0 Å². The predicted molar refractivity (Wildman–Crippen MR) is 135 cm³/mol. The van der Waals surface area contributed by atoms with Gasteiger partial charge in [-0.2, -0.15) is 0 Å². The Bertz CT molecular complexity index is 1340. The largest absolute Gasteiger partial charge is 0.449 e. The number of carbonyl (C=O) groups excluding carboxylic acids is 2. The lowest BCUT2D eigenvalue weighted by Crippen LogP contribution is -2.51. The van der Waals surface area contributed by atoms with Gasteiger partial charge in [0.25, 0.3) is 5.91 Å². The van der Waals surface area contributed by atoms with Gasteiger partial charge in [0.05, 0.1) is 16.8 Å². The van der Waals surface area contributed by atoms with Crippen LogP contribution in [0.4, 0.5) is 5.69 Å². The van der Waals surface area contributed by atoms with Crippen molar-refractivity contribution < 1.29 is 14.3 Å². The molecule has 5 rings (SSSR count). The van der Waals surface area contributed by atoms with Crippen molar-refractivity contribution >= 4 is 28.5 Å². The van der Waals surface area contributed by atoms with Crippen LogP contribution < -0.4 is 4.90 Å². The summed E-state index contributed by atoms with van der Waals surface area (Å²) in [5.74, 6) is -0.727. The average molecular weight is 467 g/mol. The Hall–Kier alpha value is -4.26. The number of benzene rings is 2. The SMILES string of the molecule is C[C@@H](OC(=O)c1cc(-c2cccnc2)nc2ccccc12)C(=O)N1CCN(c2ccccc2)CC1. The summed E-state index contributed by atoms with van der Waals surface area (Å²) in [6.45, 7) is 4.27. The van der Waals surface area contributed by atoms with Crippen LogP contribution in [0.1, 0.15) is 17.3 Å². The number of rotatable bonds is 5. The van der Waals surface area contributed by atoms with E-state index in [2.05, 4.69) is 27.0 Å². The molecule has 1 fully saturated rings. The summed E-state index contributed by atoms with van der Waals surface area (Å²) in [5.41, 5.74) is 3.63. The molecule has 7 heteroatoms. The number of piperazine rings is 1. The molecular weight excluding hydrogens is 440 g/mol. The third-order valence-electron chi connectivity index (χ3n) is 6.24. The number of para-hydroxylation sites is 2. The molecule has 1 aliphatic rings. The van der Waals surface area contributed by atoms with E-state index in [1.165, 1.54) is 0 Å². The monoisotopic (exact) mass is 466 g/mol. The summed E-state index contributed by atoms with van der Waals surface area (Å²) >= 11 is 0. The van der Waals surface area contributed by atoms with E-state index in [-0.39, 0.29) is 5.91 Å². The zero-order valence-corrected chi connectivity index (χ0v) is 19.5. The highest BCUT2D eigenvalue weighted by Gasteiger charge is 2.28. The molecule has 1 saturated heterocycles. The molecule has 2 aromatic heterocycles. The highest BCUT2D eigenvalue weighted by molar-refractivity contribution is 6.05. The molecule has 0 spiro atoms. The Morgan fingerprint density at radius 3 is 2.40 bits per heavy atom. The summed E-state index contributed by atoms with van der Waals surface area (Å²) in [5, 5.41) is 0.682. The molecule has 0 unspecified atom stereocenters. The molecule has 0 aliphatic carbocycles. The van der Waals surface area contributed by atoms with E-state index in [0.29, 0.717) is 35.2 Å². The summed E-state index contributed by atoms with van der Waals surface area (Å²) in [7, 11) is 0. The fraction of sp³-hybridized carbons (Fsp3) is 0.214. The van der Waals surface area contributed by atoms with Crippen LogP contribution in [0.3, 0.4) is 0 Å². The van der Waals surface area contributed by atoms with Crippen molar-refractivity contribution in [2.45, 2.75) is 13.0 Å². The van der Waals surface area contributed by atoms with E-state index in [1.54, 1.807) is 30.3 Å². The highest BCUT2D eigenvalue weighted by Crippen LogP contribution is 2.25. The summed E-state index contributed by atoms with van der Waals surface area (Å²) < 4.78 is 5.67. The number of nitrogens with zero attached hydrogens (tertiary/aromatic N) is 4. The average Bonchev–Trinajstić information content (AvgIpc) is 2.93. The molecule has 1 amide bonds. The number of hydrogen-bond donors (Lipinski definition) is 0. The topological polar surface area (TPSA) is 75.6 Å². The van der Waals surface area contributed by atoms with E-state index < -0.39 is 12.1 Å². The van der Waals surface area contributed by atoms with Gasteiger partial charge in [0.2, 0.25) is 0 Å². The standard InChI is InChI=1S/C28H26N4O3/c1-20(27(33)32-16-14-31(15-17-32)22-9-3-2-4-10-22)35-28(34)24-18-26(21-8-7-13-29-19-21)30-25-12-6-5-11-23(24)25/h2-13,18-20H,14-17H2,1H3/t20-/m1/s1. The number of pyridine rings is 2. The van der Waals surface area contributed by atoms with Gasteiger partial charge in [-0.15, -0.1) is 0 Å². The van der Waals surface area contributed by atoms with Gasteiger partial charge in [0.1, 0.15) is 0 Å². The van der Waals surface area contributed by atoms with Gasteiger partial charge in [0, 0.05) is 55.2 Å². The highest BCUT2D eigenvalue weighted by atomic mass is 16.5. The number of esters is 1. The molecule has 0 saturated carbocycles. The van der Waals surface area contributed by atoms with E-state index in [1.807, 2.05) is 54.6 Å². The first kappa shape index (κ1) is 22.5. The molecule has 35 heavy (non-hydrogen) atoms. The van der Waals surface area contributed by atoms with Crippen molar-refractivity contribution in [2.24, 2.45) is 0 Å². The smallest absolute Gasteiger partial charge is 0.339 e. The first-order valence-electron chi connectivity index (χ1n) is 11.7. The maximum Gasteiger partial charge on any atom is 0.339 e. The number of amides is 1. The van der Waals surface area contributed by atoms with Crippen LogP contribution in [0, 0.1) is 0 Å². The van der Waals surface area contributed by atoms with Crippen molar-refractivity contribution in [1.29, 1.82) is 0 Å². The van der Waals surface area contributed by atoms with Gasteiger partial charge in [-0.3, -0.25) is 9.78 Å². The lowest BCUT2D eigenvalue weighted by Gasteiger charge is -2.37. The fourth-order valence-electron chi connectivity index (χ4n) is 4.36. The quantitative estimate of drug-likeness (QED) is 0.411. The second-order valence-electron chi connectivity index (χ2n) is 8.51. The van der Waals surface area contributed by atoms with Crippen LogP contribution in [-0.2, 0) is 9.53 Å². The van der Waals surface area contributed by atoms with Crippen LogP contribution >= 0.6 is 0 Å². The van der Waals surface area contributed by atoms with Crippen molar-refractivity contribution in [2.75, 3.05) is 31.1 Å². The minimum Gasteiger partial charge on any atom is -0.449 e. The van der Waals surface area contributed by atoms with E-state index >= 15 is 0 Å². The number of aromatic nitrogens is 2. The molecule has 7 nitrogen and oxygen atoms in total. The molecule has 0 radical (unpaired) electrons. The van der Waals surface area contributed by atoms with Gasteiger partial charge in [-0.25, -0.2) is 9.78 Å². The van der Waals surface area contributed by atoms with Crippen molar-refractivity contribution in [3.05, 3.63) is 90.8 Å². The molecular formula is C28H26N4O3. The fourth-order valence-corrected chi connectivity index (χ4v) is 4.36. The third-order valence-corrected chi connectivity index (χ3v) is 6.24. The van der Waals surface area contributed by atoms with Crippen LogP contribution in [0.25, 0.3) is 22.2 Å². The number of anilines is 1. The molecule has 3 heterocycles. The van der Waals surface area contributed by atoms with Gasteiger partial charge in [-0.1, -0.05) is 36.4 Å². The zero-order chi connectivity index (χ0) is 24.2. The van der Waals surface area contributed by atoms with Crippen molar-refractivity contribution in [3.8, 4) is 11.3 Å². The maximum absolute atomic E-state index is 13.2. The summed E-state index contributed by atoms with van der Waals surface area (Å²) in [6.07, 6.45) is 2.50.